The first-order chi connectivity index (χ1) is 50.5. The van der Waals surface area contributed by atoms with Crippen molar-refractivity contribution in [1.82, 2.24) is 21.3 Å². The van der Waals surface area contributed by atoms with E-state index in [-0.39, 0.29) is 81.2 Å². The van der Waals surface area contributed by atoms with Crippen molar-refractivity contribution < 1.29 is 43.3 Å². The van der Waals surface area contributed by atoms with E-state index in [1.54, 1.807) is 4.90 Å². The number of nitrogens with zero attached hydrogens (tertiary/aromatic N) is 1. The monoisotopic (exact) mass is 1480 g/mol. The number of amides is 5. The Morgan fingerprint density at radius 1 is 0.528 bits per heavy atom. The molecule has 17 nitrogen and oxygen atoms in total. The van der Waals surface area contributed by atoms with Crippen LogP contribution in [0.1, 0.15) is 256 Å². The Bertz CT molecular complexity index is 2720. The molecule has 1 aliphatic heterocycles. The fourth-order valence-corrected chi connectivity index (χ4v) is 8.75. The predicted molar refractivity (Wildman–Crippen MR) is 448 cm³/mol. The first kappa shape index (κ1) is 108. The molecule has 17 heteroatoms. The highest BCUT2D eigenvalue weighted by atomic mass is 16.5. The number of fused-ring (bicyclic) bond motifs is 2. The maximum atomic E-state index is 13.1. The van der Waals surface area contributed by atoms with Gasteiger partial charge in [-0.15, -0.1) is 43.5 Å². The number of aliphatic hydroxyl groups excluding tert-OH is 1. The minimum Gasteiger partial charge on any atom is -0.394 e. The molecule has 0 aromatic heterocycles. The summed E-state index contributed by atoms with van der Waals surface area (Å²) in [6, 6.07) is 15.0. The molecule has 106 heavy (non-hydrogen) atoms. The minimum absolute atomic E-state index is 0.0806. The van der Waals surface area contributed by atoms with Gasteiger partial charge >= 0.3 is 0 Å². The van der Waals surface area contributed by atoms with Crippen molar-refractivity contribution in [3.8, 4) is 61.2 Å². The normalized spacial score (nSPS) is 11.3. The number of ether oxygens (including phenoxy) is 3. The summed E-state index contributed by atoms with van der Waals surface area (Å²) >= 11 is 0. The summed E-state index contributed by atoms with van der Waals surface area (Å²) in [6.07, 6.45) is 41.8. The summed E-state index contributed by atoms with van der Waals surface area (Å²) in [5.41, 5.74) is 19.1. The maximum absolute atomic E-state index is 13.1. The molecule has 11 N–H and O–H groups in total. The second-order valence-electron chi connectivity index (χ2n) is 29.5. The minimum atomic E-state index is -0.343. The Balaban J connectivity index is -0.000000400. The number of allylic oxidation sites excluding steroid dienone is 1. The summed E-state index contributed by atoms with van der Waals surface area (Å²) in [7, 11) is 0. The van der Waals surface area contributed by atoms with Gasteiger partial charge in [0.25, 0.3) is 0 Å². The molecule has 602 valence electrons. The number of para-hydroxylation sites is 1. The van der Waals surface area contributed by atoms with Crippen LogP contribution in [0.2, 0.25) is 0 Å². The van der Waals surface area contributed by atoms with Gasteiger partial charge in [-0.25, -0.2) is 0 Å². The van der Waals surface area contributed by atoms with Crippen LogP contribution in [-0.4, -0.2) is 126 Å². The lowest BCUT2D eigenvalue weighted by atomic mass is 9.95. The Hall–Kier alpha value is -6.95. The molecule has 3 rings (SSSR count). The van der Waals surface area contributed by atoms with Gasteiger partial charge in [-0.1, -0.05) is 210 Å². The van der Waals surface area contributed by atoms with E-state index in [1.165, 1.54) is 57.4 Å². The average molecular weight is 1480 g/mol. The highest BCUT2D eigenvalue weighted by Gasteiger charge is 2.23. The van der Waals surface area contributed by atoms with Gasteiger partial charge < -0.3 is 62.7 Å². The summed E-state index contributed by atoms with van der Waals surface area (Å²) in [5.74, 6) is 21.5. The molecule has 1 heterocycles. The van der Waals surface area contributed by atoms with Crippen LogP contribution in [0, 0.1) is 114 Å². The molecule has 0 spiro atoms. The number of carbonyl (C=O) groups excluding carboxylic acids is 5. The topological polar surface area (TPSA) is 263 Å². The van der Waals surface area contributed by atoms with E-state index in [9.17, 15) is 24.0 Å². The Labute approximate surface area is 648 Å². The van der Waals surface area contributed by atoms with Gasteiger partial charge in [-0.2, -0.15) is 0 Å². The number of unbranched alkanes of at least 4 members (excludes halogenated alkanes) is 5. The molecule has 0 radical (unpaired) electrons. The molecule has 2 aromatic carbocycles. The van der Waals surface area contributed by atoms with Crippen molar-refractivity contribution in [2.45, 2.75) is 252 Å². The first-order valence-corrected chi connectivity index (χ1v) is 39.4. The first-order valence-electron chi connectivity index (χ1n) is 39.4. The summed E-state index contributed by atoms with van der Waals surface area (Å²) < 4.78 is 15.3. The van der Waals surface area contributed by atoms with Crippen molar-refractivity contribution >= 4 is 35.2 Å². The molecular formula is C89H152N8O9. The Morgan fingerprint density at radius 3 is 1.55 bits per heavy atom. The van der Waals surface area contributed by atoms with Crippen molar-refractivity contribution in [3.63, 3.8) is 0 Å². The maximum Gasteiger partial charge on any atom is 0.243 e. The van der Waals surface area contributed by atoms with Crippen LogP contribution in [-0.2, 0) is 44.7 Å². The Kier molecular flexibility index (Phi) is 78.9. The summed E-state index contributed by atoms with van der Waals surface area (Å²) in [6.45, 7) is 43.8. The van der Waals surface area contributed by atoms with Crippen LogP contribution in [0.5, 0.6) is 0 Å². The van der Waals surface area contributed by atoms with Crippen LogP contribution in [0.3, 0.4) is 0 Å². The van der Waals surface area contributed by atoms with Gasteiger partial charge in [-0.3, -0.25) is 24.0 Å². The van der Waals surface area contributed by atoms with Gasteiger partial charge in [0.05, 0.1) is 51.1 Å². The Morgan fingerprint density at radius 2 is 1.06 bits per heavy atom. The molecular weight excluding hydrogens is 1330 g/mol. The third-order valence-corrected chi connectivity index (χ3v) is 15.5. The molecule has 5 amide bonds. The van der Waals surface area contributed by atoms with Gasteiger partial charge in [-0.05, 0) is 135 Å². The molecule has 0 aliphatic carbocycles. The van der Waals surface area contributed by atoms with Gasteiger partial charge in [0.1, 0.15) is 13.0 Å². The highest BCUT2D eigenvalue weighted by Crippen LogP contribution is 2.26. The van der Waals surface area contributed by atoms with Crippen LogP contribution < -0.4 is 43.4 Å². The van der Waals surface area contributed by atoms with E-state index < -0.39 is 0 Å². The van der Waals surface area contributed by atoms with E-state index in [1.807, 2.05) is 82.3 Å². The largest absolute Gasteiger partial charge is 0.394 e. The van der Waals surface area contributed by atoms with Crippen molar-refractivity contribution in [2.75, 3.05) is 90.4 Å². The molecule has 0 saturated heterocycles. The zero-order valence-corrected chi connectivity index (χ0v) is 69.6. The number of rotatable bonds is 43. The van der Waals surface area contributed by atoms with E-state index in [0.717, 1.165) is 117 Å². The summed E-state index contributed by atoms with van der Waals surface area (Å²) in [4.78, 5) is 61.8. The number of hydrogen-bond donors (Lipinski definition) is 8. The van der Waals surface area contributed by atoms with Crippen molar-refractivity contribution in [3.05, 3.63) is 77.4 Å². The number of benzene rings is 2. The lowest BCUT2D eigenvalue weighted by molar-refractivity contribution is -0.128. The number of nitrogens with two attached hydrogens (primary N) is 3. The molecule has 1 aliphatic rings. The predicted octanol–water partition coefficient (Wildman–Crippen LogP) is 15.0. The summed E-state index contributed by atoms with van der Waals surface area (Å²) in [5, 5.41) is 20.1. The standard InChI is InChI=1S/C27H29N3O3.C15H26N2O4.C9H21N.C9H16.C8H14.2C7H17NO.C7H12/c1-20(2)12-15-25(31)28-16-7-17-29-26(32)18-27(33)30-19-23-10-4-3-8-21(23)13-14-22-9-5-6-11-24(22)30;1-4-8-21-9-6-14(19)16-7-5-15(20)17-13(11-18)10-12(2)3;1-9(2)7-5-3-4-6-8-10;1-4-5-6-7-8-9(2)3;1-5-6-8(4)7(2)3;2*1-7(2)3-5-9-6-4-8;1-4-5-6-7(2)3/h3-6,8-12,15,20H,7,16-19H2,1-2H3,(H,28,31)(H,29,32);1,12-13,18H,5-11H2,2-3H3,(H,16,19)(H,17,20);9H,3-8,10H2,1-2H3;1,9H,5-8H2,2-3H3;1,7-8H,6H2,2-4H3;2*7H,3-6,8H2,1-2H3;1,7H,5-6H2,2-3H3. The number of anilines is 1. The van der Waals surface area contributed by atoms with E-state index in [0.29, 0.717) is 75.8 Å². The SMILES string of the molecule is C#CCC(C)C(C)C.C#CCCC(C)C.C#CCCCCC(C)C.C#CCOCCC(=O)NCCC(=O)NC(CO)CC(C)C.CC(C)C=CC(=O)NCCCNC(=O)CC(=O)N1Cc2ccccc2C#Cc2ccccc21.CC(C)CCCCCCN.CC(C)CCOCCN.CC(C)CCOCCN. The van der Waals surface area contributed by atoms with E-state index >= 15 is 0 Å². The van der Waals surface area contributed by atoms with E-state index in [2.05, 4.69) is 147 Å². The molecule has 0 fully saturated rings. The molecule has 2 atom stereocenters. The zero-order chi connectivity index (χ0) is 81.1. The van der Waals surface area contributed by atoms with Crippen molar-refractivity contribution in [1.29, 1.82) is 0 Å². The number of hydrogen-bond acceptors (Lipinski definition) is 12. The highest BCUT2D eigenvalue weighted by molar-refractivity contribution is 6.05. The third-order valence-electron chi connectivity index (χ3n) is 15.5. The number of aliphatic hydroxyl groups is 1. The molecule has 0 saturated carbocycles. The lowest BCUT2D eigenvalue weighted by Crippen LogP contribution is -2.40. The zero-order valence-electron chi connectivity index (χ0n) is 69.6. The van der Waals surface area contributed by atoms with Crippen LogP contribution in [0.25, 0.3) is 0 Å². The number of carbonyl (C=O) groups is 5. The van der Waals surface area contributed by atoms with E-state index in [4.69, 9.17) is 62.2 Å². The fraction of sp³-hybridized carbons (Fsp3) is 0.674. The number of nitrogens with one attached hydrogen (secondary N) is 4. The fourth-order valence-electron chi connectivity index (χ4n) is 8.75. The second kappa shape index (κ2) is 77.7. The molecule has 2 unspecified atom stereocenters. The van der Waals surface area contributed by atoms with Crippen molar-refractivity contribution in [2.24, 2.45) is 70.5 Å². The molecule has 2 aromatic rings. The smallest absolute Gasteiger partial charge is 0.243 e. The average Bonchev–Trinajstić information content (AvgIpc) is 0.805. The number of terminal acetylenes is 4. The van der Waals surface area contributed by atoms with Crippen LogP contribution in [0.15, 0.2) is 60.7 Å². The third kappa shape index (κ3) is 78.1. The molecule has 0 bridgehead atoms. The van der Waals surface area contributed by atoms with Gasteiger partial charge in [0, 0.05) is 82.7 Å². The van der Waals surface area contributed by atoms with Gasteiger partial charge in [0.15, 0.2) is 0 Å². The van der Waals surface area contributed by atoms with Crippen LogP contribution >= 0.6 is 0 Å². The quantitative estimate of drug-likeness (QED) is 0.0133. The second-order valence-corrected chi connectivity index (χ2v) is 29.5. The van der Waals surface area contributed by atoms with Crippen LogP contribution in [0.4, 0.5) is 5.69 Å². The lowest BCUT2D eigenvalue weighted by Gasteiger charge is -2.25. The van der Waals surface area contributed by atoms with Gasteiger partial charge in [0.2, 0.25) is 29.5 Å².